The van der Waals surface area contributed by atoms with Crippen LogP contribution in [0.5, 0.6) is 0 Å². The lowest BCUT2D eigenvalue weighted by atomic mass is 9.94. The van der Waals surface area contributed by atoms with Crippen molar-refractivity contribution < 1.29 is 55.3 Å². The number of carbonyl (C=O) groups is 5. The highest BCUT2D eigenvalue weighted by Gasteiger charge is 2.56. The van der Waals surface area contributed by atoms with Crippen molar-refractivity contribution in [3.05, 3.63) is 34.7 Å². The van der Waals surface area contributed by atoms with Gasteiger partial charge in [-0.15, -0.1) is 11.3 Å². The van der Waals surface area contributed by atoms with E-state index >= 15 is 8.78 Å². The molecule has 0 radical (unpaired) electrons. The lowest BCUT2D eigenvalue weighted by Crippen LogP contribution is -2.69. The molecule has 352 valence electrons. The van der Waals surface area contributed by atoms with Gasteiger partial charge < -0.3 is 28.9 Å². The van der Waals surface area contributed by atoms with Crippen molar-refractivity contribution in [2.75, 3.05) is 64.0 Å². The summed E-state index contributed by atoms with van der Waals surface area (Å²) in [6.45, 7) is 9.82. The van der Waals surface area contributed by atoms with Crippen LogP contribution in [0.25, 0.3) is 10.1 Å². The molecule has 63 heavy (non-hydrogen) atoms. The number of amides is 3. The summed E-state index contributed by atoms with van der Waals surface area (Å²) in [5, 5.41) is 2.73. The number of carbonyl (C=O) groups excluding carboxylic acids is 5. The van der Waals surface area contributed by atoms with Crippen LogP contribution in [-0.2, 0) is 52.9 Å². The molecule has 3 aliphatic rings. The van der Waals surface area contributed by atoms with Crippen LogP contribution in [0.1, 0.15) is 95.3 Å². The van der Waals surface area contributed by atoms with Crippen LogP contribution in [0.3, 0.4) is 0 Å². The first-order chi connectivity index (χ1) is 29.3. The average molecular weight is 979 g/mol. The first kappa shape index (κ1) is 51.5. The Bertz CT molecular complexity index is 2190. The van der Waals surface area contributed by atoms with Crippen LogP contribution < -0.4 is 5.32 Å². The standard InChI is InChI=1S/C42H61F2N4O10PS4/c1-39(2,3)37(52)60-20-18-57-59(54,58-19-21-61-38(53)40(4,5)6)42(43,44)28-14-17-32-27(22-28)23-33(62-32)34(49)46-30-13-11-10-12-29-15-16-31(48(29)35(30)50)36(51)47-24-41(25-47,56-8)26-63(9,55)45-7/h14,17,22-23,29-31H,10-13,15-16,18-21,24-26H2,1-9H3,(H,46,49)/t29-,30-,31-,63?/m0/s1. The average Bonchev–Trinajstić information content (AvgIpc) is 3.82. The molecule has 0 bridgehead atoms. The molecule has 0 spiro atoms. The van der Waals surface area contributed by atoms with E-state index in [2.05, 4.69) is 9.68 Å². The number of rotatable bonds is 16. The van der Waals surface area contributed by atoms with Gasteiger partial charge in [0.2, 0.25) is 11.8 Å². The van der Waals surface area contributed by atoms with Crippen molar-refractivity contribution >= 4 is 90.2 Å². The summed E-state index contributed by atoms with van der Waals surface area (Å²) in [5.41, 5.74) is -7.02. The van der Waals surface area contributed by atoms with Gasteiger partial charge in [-0.3, -0.25) is 28.5 Å². The molecule has 1 aromatic heterocycles. The van der Waals surface area contributed by atoms with E-state index in [0.717, 1.165) is 59.8 Å². The molecule has 1 unspecified atom stereocenters. The maximum Gasteiger partial charge on any atom is 0.404 e. The number of thiophene rings is 1. The van der Waals surface area contributed by atoms with Crippen molar-refractivity contribution in [2.45, 2.75) is 109 Å². The molecule has 3 amide bonds. The van der Waals surface area contributed by atoms with Gasteiger partial charge in [0.1, 0.15) is 17.7 Å². The number of likely N-dealkylation sites (tertiary alicyclic amines) is 1. The van der Waals surface area contributed by atoms with Crippen molar-refractivity contribution in [3.63, 3.8) is 0 Å². The second kappa shape index (κ2) is 20.2. The van der Waals surface area contributed by atoms with Crippen molar-refractivity contribution in [3.8, 4) is 0 Å². The van der Waals surface area contributed by atoms with Gasteiger partial charge in [0.05, 0.1) is 36.9 Å². The van der Waals surface area contributed by atoms with E-state index < -0.39 is 76.2 Å². The van der Waals surface area contributed by atoms with Gasteiger partial charge in [0.15, 0.2) is 10.2 Å². The molecule has 2 aromatic rings. The number of thioether (sulfide) groups is 2. The second-order valence-electron chi connectivity index (χ2n) is 18.5. The van der Waals surface area contributed by atoms with E-state index in [1.807, 2.05) is 0 Å². The Morgan fingerprint density at radius 1 is 0.952 bits per heavy atom. The minimum Gasteiger partial charge on any atom is -0.374 e. The fraction of sp³-hybridized carbons (Fsp3) is 0.690. The number of benzene rings is 1. The highest BCUT2D eigenvalue weighted by atomic mass is 32.2. The monoisotopic (exact) mass is 978 g/mol. The van der Waals surface area contributed by atoms with Crippen LogP contribution in [-0.4, -0.2) is 130 Å². The molecule has 1 N–H and O–H groups in total. The number of fused-ring (bicyclic) bond motifs is 2. The summed E-state index contributed by atoms with van der Waals surface area (Å²) in [7, 11) is -4.76. The van der Waals surface area contributed by atoms with Crippen molar-refractivity contribution in [2.24, 2.45) is 15.2 Å². The molecule has 0 saturated carbocycles. The van der Waals surface area contributed by atoms with Gasteiger partial charge in [0, 0.05) is 68.8 Å². The van der Waals surface area contributed by atoms with Crippen LogP contribution >= 0.6 is 42.5 Å². The predicted octanol–water partition coefficient (Wildman–Crippen LogP) is 7.78. The summed E-state index contributed by atoms with van der Waals surface area (Å²) in [5.74, 6) is -1.08. The minimum atomic E-state index is -5.27. The topological polar surface area (TPSA) is 178 Å². The quantitative estimate of drug-likeness (QED) is 0.128. The van der Waals surface area contributed by atoms with Gasteiger partial charge in [-0.05, 0) is 49.3 Å². The smallest absolute Gasteiger partial charge is 0.374 e. The Kier molecular flexibility index (Phi) is 16.5. The molecule has 3 saturated heterocycles. The van der Waals surface area contributed by atoms with E-state index in [0.29, 0.717) is 30.4 Å². The number of methoxy groups -OCH3 is 1. The van der Waals surface area contributed by atoms with Crippen LogP contribution in [0.4, 0.5) is 8.78 Å². The molecule has 4 atom stereocenters. The fourth-order valence-electron chi connectivity index (χ4n) is 7.70. The zero-order valence-electron chi connectivity index (χ0n) is 37.5. The molecule has 1 aromatic carbocycles. The predicted molar refractivity (Wildman–Crippen MR) is 246 cm³/mol. The largest absolute Gasteiger partial charge is 0.404 e. The lowest BCUT2D eigenvalue weighted by Gasteiger charge is -2.50. The number of nitrogens with one attached hydrogen (secondary N) is 1. The molecular weight excluding hydrogens is 918 g/mol. The normalized spacial score (nSPS) is 21.8. The van der Waals surface area contributed by atoms with E-state index in [1.54, 1.807) is 57.6 Å². The van der Waals surface area contributed by atoms with Crippen molar-refractivity contribution in [1.82, 2.24) is 15.1 Å². The Morgan fingerprint density at radius 2 is 1.54 bits per heavy atom. The molecule has 21 heteroatoms. The van der Waals surface area contributed by atoms with E-state index in [1.165, 1.54) is 26.3 Å². The molecule has 14 nitrogen and oxygen atoms in total. The Labute approximate surface area is 382 Å². The Morgan fingerprint density at radius 3 is 2.10 bits per heavy atom. The SMILES string of the molecule is CN=S(C)(=O)CC1(OC)CN(C(=O)[C@@H]2CC[C@@H]3CCCC[C@H](NC(=O)c4cc5cc(C(F)(F)P(=O)(OCCSC(=O)C(C)(C)C)OCCSC(=O)C(C)(C)C)ccc5s4)C(=O)N32)C1. The first-order valence-corrected chi connectivity index (χ1v) is 27.4. The third kappa shape index (κ3) is 12.1. The summed E-state index contributed by atoms with van der Waals surface area (Å²) >= 11 is 2.79. The van der Waals surface area contributed by atoms with E-state index in [4.69, 9.17) is 13.8 Å². The number of hydrogen-bond acceptors (Lipinski definition) is 14. The van der Waals surface area contributed by atoms with Gasteiger partial charge in [-0.1, -0.05) is 84.0 Å². The molecular formula is C42H61F2N4O10PS4. The van der Waals surface area contributed by atoms with Crippen LogP contribution in [0.2, 0.25) is 0 Å². The first-order valence-electron chi connectivity index (χ1n) is 21.0. The zero-order chi connectivity index (χ0) is 46.8. The fourth-order valence-corrected chi connectivity index (χ4v) is 13.4. The van der Waals surface area contributed by atoms with Gasteiger partial charge in [-0.2, -0.15) is 8.78 Å². The number of ether oxygens (including phenoxy) is 1. The van der Waals surface area contributed by atoms with Gasteiger partial charge in [-0.25, -0.2) is 8.57 Å². The molecule has 5 rings (SSSR count). The summed E-state index contributed by atoms with van der Waals surface area (Å²) in [6, 6.07) is 3.19. The van der Waals surface area contributed by atoms with Gasteiger partial charge in [0.25, 0.3) is 5.91 Å². The molecule has 0 aliphatic carbocycles. The summed E-state index contributed by atoms with van der Waals surface area (Å²) in [4.78, 5) is 70.3. The second-order valence-corrected chi connectivity index (χ2v) is 26.4. The van der Waals surface area contributed by atoms with Crippen molar-refractivity contribution in [1.29, 1.82) is 0 Å². The maximum absolute atomic E-state index is 16.5. The highest BCUT2D eigenvalue weighted by molar-refractivity contribution is 8.14. The summed E-state index contributed by atoms with van der Waals surface area (Å²) in [6.07, 6.45) is 5.21. The highest BCUT2D eigenvalue weighted by Crippen LogP contribution is 2.67. The van der Waals surface area contributed by atoms with E-state index in [-0.39, 0.29) is 68.7 Å². The number of nitrogens with zero attached hydrogens (tertiary/aromatic N) is 3. The minimum absolute atomic E-state index is 0.0504. The van der Waals surface area contributed by atoms with E-state index in [9.17, 15) is 32.7 Å². The Balaban J connectivity index is 1.30. The molecule has 3 fully saturated rings. The van der Waals surface area contributed by atoms with Crippen LogP contribution in [0, 0.1) is 10.8 Å². The molecule has 4 heterocycles. The maximum atomic E-state index is 16.5. The number of alkyl halides is 2. The third-order valence-electron chi connectivity index (χ3n) is 11.4. The Hall–Kier alpha value is -2.45. The van der Waals surface area contributed by atoms with Gasteiger partial charge >= 0.3 is 13.3 Å². The number of halogens is 2. The summed E-state index contributed by atoms with van der Waals surface area (Å²) < 4.78 is 80.6. The third-order valence-corrected chi connectivity index (χ3v) is 18.8. The number of hydrogen-bond donors (Lipinski definition) is 1. The lowest BCUT2D eigenvalue weighted by molar-refractivity contribution is -0.164. The van der Waals surface area contributed by atoms with Crippen LogP contribution in [0.15, 0.2) is 28.6 Å². The molecule has 3 aliphatic heterocycles. The zero-order valence-corrected chi connectivity index (χ0v) is 41.7.